The molecule has 0 radical (unpaired) electrons. The fourth-order valence-corrected chi connectivity index (χ4v) is 2.78. The molecule has 0 unspecified atom stereocenters. The first kappa shape index (κ1) is 18.2. The Hall–Kier alpha value is -2.15. The van der Waals surface area contributed by atoms with Gasteiger partial charge in [-0.25, -0.2) is 9.18 Å². The van der Waals surface area contributed by atoms with Gasteiger partial charge in [0.25, 0.3) is 0 Å². The summed E-state index contributed by atoms with van der Waals surface area (Å²) < 4.78 is 19.0. The van der Waals surface area contributed by atoms with Gasteiger partial charge in [-0.15, -0.1) is 0 Å². The molecule has 0 atom stereocenters. The quantitative estimate of drug-likeness (QED) is 0.871. The molecule has 0 spiro atoms. The Kier molecular flexibility index (Phi) is 4.85. The Labute approximate surface area is 140 Å². The molecule has 0 saturated carbocycles. The number of amides is 1. The lowest BCUT2D eigenvalue weighted by atomic mass is 9.89. The van der Waals surface area contributed by atoms with Crippen molar-refractivity contribution in [2.24, 2.45) is 5.73 Å². The number of hydrogen-bond acceptors (Lipinski definition) is 4. The fraction of sp³-hybridized carbons (Fsp3) is 0.529. The average molecular weight is 338 g/mol. The third-order valence-corrected chi connectivity index (χ3v) is 4.24. The lowest BCUT2D eigenvalue weighted by Gasteiger charge is -2.40. The number of benzene rings is 1. The first-order chi connectivity index (χ1) is 11.0. The van der Waals surface area contributed by atoms with Crippen LogP contribution in [0.2, 0.25) is 0 Å². The molecule has 6 nitrogen and oxygen atoms in total. The zero-order valence-electron chi connectivity index (χ0n) is 14.1. The number of carbonyl (C=O) groups is 2. The first-order valence-corrected chi connectivity index (χ1v) is 7.82. The number of halogens is 1. The van der Waals surface area contributed by atoms with E-state index in [0.717, 1.165) is 0 Å². The van der Waals surface area contributed by atoms with Crippen LogP contribution in [0.4, 0.5) is 4.39 Å². The standard InChI is InChI=1S/C17H23FN2O4/c1-11-10-12(18)4-5-13(11)24-17(15(22)23)6-8-20(9-7-17)14(21)16(2,3)19/h4-5,10H,6-9,19H2,1-3H3,(H,22,23). The Morgan fingerprint density at radius 1 is 1.33 bits per heavy atom. The average Bonchev–Trinajstić information content (AvgIpc) is 2.49. The number of rotatable bonds is 4. The second kappa shape index (κ2) is 6.39. The summed E-state index contributed by atoms with van der Waals surface area (Å²) in [6.45, 7) is 5.38. The van der Waals surface area contributed by atoms with Crippen LogP contribution in [-0.4, -0.2) is 46.1 Å². The predicted molar refractivity (Wildman–Crippen MR) is 86.2 cm³/mol. The van der Waals surface area contributed by atoms with E-state index in [9.17, 15) is 19.1 Å². The van der Waals surface area contributed by atoms with E-state index in [1.165, 1.54) is 18.2 Å². The van der Waals surface area contributed by atoms with Gasteiger partial charge in [-0.1, -0.05) is 0 Å². The summed E-state index contributed by atoms with van der Waals surface area (Å²) in [5.74, 6) is -1.39. The lowest BCUT2D eigenvalue weighted by molar-refractivity contribution is -0.162. The van der Waals surface area contributed by atoms with Gasteiger partial charge >= 0.3 is 5.97 Å². The van der Waals surface area contributed by atoms with Crippen molar-refractivity contribution in [1.82, 2.24) is 4.90 Å². The van der Waals surface area contributed by atoms with E-state index >= 15 is 0 Å². The summed E-state index contributed by atoms with van der Waals surface area (Å²) in [6, 6.07) is 3.95. The van der Waals surface area contributed by atoms with Crippen molar-refractivity contribution in [1.29, 1.82) is 0 Å². The Bertz CT molecular complexity index is 646. The fourth-order valence-electron chi connectivity index (χ4n) is 2.78. The summed E-state index contributed by atoms with van der Waals surface area (Å²) in [4.78, 5) is 25.6. The molecule has 1 fully saturated rings. The number of piperidine rings is 1. The molecule has 7 heteroatoms. The van der Waals surface area contributed by atoms with Gasteiger partial charge in [-0.3, -0.25) is 4.79 Å². The summed E-state index contributed by atoms with van der Waals surface area (Å²) in [5.41, 5.74) is 3.91. The van der Waals surface area contributed by atoms with E-state index in [0.29, 0.717) is 11.3 Å². The molecule has 132 valence electrons. The van der Waals surface area contributed by atoms with Crippen LogP contribution >= 0.6 is 0 Å². The van der Waals surface area contributed by atoms with Crippen LogP contribution in [0, 0.1) is 12.7 Å². The molecule has 1 aliphatic rings. The number of aryl methyl sites for hydroxylation is 1. The summed E-state index contributed by atoms with van der Waals surface area (Å²) >= 11 is 0. The van der Waals surface area contributed by atoms with E-state index in [-0.39, 0.29) is 31.8 Å². The van der Waals surface area contributed by atoms with Crippen molar-refractivity contribution in [3.8, 4) is 5.75 Å². The van der Waals surface area contributed by atoms with Crippen LogP contribution < -0.4 is 10.5 Å². The number of likely N-dealkylation sites (tertiary alicyclic amines) is 1. The Morgan fingerprint density at radius 3 is 2.38 bits per heavy atom. The zero-order valence-corrected chi connectivity index (χ0v) is 14.1. The highest BCUT2D eigenvalue weighted by Gasteiger charge is 2.46. The number of hydrogen-bond donors (Lipinski definition) is 2. The van der Waals surface area contributed by atoms with Gasteiger partial charge < -0.3 is 20.5 Å². The predicted octanol–water partition coefficient (Wildman–Crippen LogP) is 1.70. The van der Waals surface area contributed by atoms with Gasteiger partial charge in [0.05, 0.1) is 5.54 Å². The van der Waals surface area contributed by atoms with Gasteiger partial charge in [-0.2, -0.15) is 0 Å². The SMILES string of the molecule is Cc1cc(F)ccc1OC1(C(=O)O)CCN(C(=O)C(C)(C)N)CC1. The molecule has 1 amide bonds. The Balaban J connectivity index is 2.17. The van der Waals surface area contributed by atoms with E-state index in [1.807, 2.05) is 0 Å². The zero-order chi connectivity index (χ0) is 18.1. The molecular weight excluding hydrogens is 315 g/mol. The minimum atomic E-state index is -1.43. The van der Waals surface area contributed by atoms with Gasteiger partial charge in [-0.05, 0) is 44.5 Å². The molecule has 24 heavy (non-hydrogen) atoms. The number of ether oxygens (including phenoxy) is 1. The summed E-state index contributed by atoms with van der Waals surface area (Å²) in [5, 5.41) is 9.65. The summed E-state index contributed by atoms with van der Waals surface area (Å²) in [7, 11) is 0. The van der Waals surface area contributed by atoms with Crippen molar-refractivity contribution in [2.75, 3.05) is 13.1 Å². The molecule has 3 N–H and O–H groups in total. The van der Waals surface area contributed by atoms with Crippen molar-refractivity contribution in [3.63, 3.8) is 0 Å². The highest BCUT2D eigenvalue weighted by molar-refractivity contribution is 5.86. The number of carbonyl (C=O) groups excluding carboxylic acids is 1. The van der Waals surface area contributed by atoms with E-state index in [2.05, 4.69) is 0 Å². The topological polar surface area (TPSA) is 92.9 Å². The maximum Gasteiger partial charge on any atom is 0.348 e. The number of carboxylic acid groups (broad SMARTS) is 1. The minimum Gasteiger partial charge on any atom is -0.478 e. The smallest absolute Gasteiger partial charge is 0.348 e. The third-order valence-electron chi connectivity index (χ3n) is 4.24. The second-order valence-corrected chi connectivity index (χ2v) is 6.83. The maximum atomic E-state index is 13.2. The monoisotopic (exact) mass is 338 g/mol. The normalized spacial score (nSPS) is 17.5. The molecule has 1 aliphatic heterocycles. The van der Waals surface area contributed by atoms with Gasteiger partial charge in [0, 0.05) is 25.9 Å². The van der Waals surface area contributed by atoms with Crippen molar-refractivity contribution < 1.29 is 23.8 Å². The van der Waals surface area contributed by atoms with E-state index in [4.69, 9.17) is 10.5 Å². The number of aliphatic carboxylic acids is 1. The van der Waals surface area contributed by atoms with Gasteiger partial charge in [0.2, 0.25) is 11.5 Å². The molecule has 0 aromatic heterocycles. The maximum absolute atomic E-state index is 13.2. The molecule has 1 heterocycles. The van der Waals surface area contributed by atoms with Crippen LogP contribution in [0.3, 0.4) is 0 Å². The summed E-state index contributed by atoms with van der Waals surface area (Å²) in [6.07, 6.45) is 0.280. The van der Waals surface area contributed by atoms with Gasteiger partial charge in [0.1, 0.15) is 11.6 Å². The Morgan fingerprint density at radius 2 is 1.92 bits per heavy atom. The highest BCUT2D eigenvalue weighted by Crippen LogP contribution is 2.32. The van der Waals surface area contributed by atoms with Gasteiger partial charge in [0.15, 0.2) is 0 Å². The van der Waals surface area contributed by atoms with Crippen LogP contribution in [0.25, 0.3) is 0 Å². The third kappa shape index (κ3) is 3.67. The first-order valence-electron chi connectivity index (χ1n) is 7.82. The molecule has 1 aromatic rings. The number of nitrogens with zero attached hydrogens (tertiary/aromatic N) is 1. The molecule has 1 aromatic carbocycles. The van der Waals surface area contributed by atoms with Crippen molar-refractivity contribution in [3.05, 3.63) is 29.6 Å². The minimum absolute atomic E-state index is 0.140. The lowest BCUT2D eigenvalue weighted by Crippen LogP contribution is -2.58. The largest absolute Gasteiger partial charge is 0.478 e. The molecule has 2 rings (SSSR count). The van der Waals surface area contributed by atoms with E-state index in [1.54, 1.807) is 25.7 Å². The van der Waals surface area contributed by atoms with Crippen LogP contribution in [0.15, 0.2) is 18.2 Å². The van der Waals surface area contributed by atoms with Crippen LogP contribution in [0.1, 0.15) is 32.3 Å². The molecule has 0 aliphatic carbocycles. The molecular formula is C17H23FN2O4. The van der Waals surface area contributed by atoms with Crippen LogP contribution in [-0.2, 0) is 9.59 Å². The van der Waals surface area contributed by atoms with Crippen molar-refractivity contribution >= 4 is 11.9 Å². The number of nitrogens with two attached hydrogens (primary N) is 1. The van der Waals surface area contributed by atoms with E-state index < -0.39 is 22.9 Å². The molecule has 1 saturated heterocycles. The molecule has 0 bridgehead atoms. The highest BCUT2D eigenvalue weighted by atomic mass is 19.1. The second-order valence-electron chi connectivity index (χ2n) is 6.83. The number of carboxylic acids is 1. The van der Waals surface area contributed by atoms with Crippen LogP contribution in [0.5, 0.6) is 5.75 Å². The van der Waals surface area contributed by atoms with Crippen molar-refractivity contribution in [2.45, 2.75) is 44.8 Å².